The zero-order chi connectivity index (χ0) is 15.3. The number of nitrogens with one attached hydrogen (secondary N) is 2. The molecule has 0 bridgehead atoms. The first-order valence-electron chi connectivity index (χ1n) is 6.52. The predicted octanol–water partition coefficient (Wildman–Crippen LogP) is 0.923. The SMILES string of the molecule is CC(C)NCCCn1cc(S(=O)(=O)Nc2nncs2)cn1. The van der Waals surface area contributed by atoms with E-state index in [-0.39, 0.29) is 10.0 Å². The Labute approximate surface area is 127 Å². The van der Waals surface area contributed by atoms with Gasteiger partial charge in [0.2, 0.25) is 5.13 Å². The molecule has 0 atom stereocenters. The highest BCUT2D eigenvalue weighted by atomic mass is 32.2. The summed E-state index contributed by atoms with van der Waals surface area (Å²) in [5, 5.41) is 14.8. The minimum Gasteiger partial charge on any atom is -0.314 e. The number of nitrogens with zero attached hydrogens (tertiary/aromatic N) is 4. The smallest absolute Gasteiger partial charge is 0.266 e. The Bertz CT molecular complexity index is 650. The number of anilines is 1. The molecule has 116 valence electrons. The van der Waals surface area contributed by atoms with Crippen molar-refractivity contribution in [2.24, 2.45) is 0 Å². The lowest BCUT2D eigenvalue weighted by Gasteiger charge is -2.07. The topological polar surface area (TPSA) is 102 Å². The van der Waals surface area contributed by atoms with Gasteiger partial charge in [-0.2, -0.15) is 5.10 Å². The molecule has 0 unspecified atom stereocenters. The third-order valence-corrected chi connectivity index (χ3v) is 4.65. The van der Waals surface area contributed by atoms with Crippen molar-refractivity contribution in [2.45, 2.75) is 37.8 Å². The van der Waals surface area contributed by atoms with Crippen LogP contribution >= 0.6 is 11.3 Å². The van der Waals surface area contributed by atoms with Crippen LogP contribution in [0.3, 0.4) is 0 Å². The van der Waals surface area contributed by atoms with Gasteiger partial charge in [0, 0.05) is 18.8 Å². The van der Waals surface area contributed by atoms with Gasteiger partial charge in [0.1, 0.15) is 10.4 Å². The maximum absolute atomic E-state index is 12.1. The first-order chi connectivity index (χ1) is 9.97. The Hall–Kier alpha value is -1.52. The first-order valence-corrected chi connectivity index (χ1v) is 8.88. The zero-order valence-electron chi connectivity index (χ0n) is 11.9. The Balaban J connectivity index is 1.92. The summed E-state index contributed by atoms with van der Waals surface area (Å²) in [7, 11) is -3.65. The molecule has 8 nitrogen and oxygen atoms in total. The van der Waals surface area contributed by atoms with Crippen molar-refractivity contribution in [1.29, 1.82) is 0 Å². The van der Waals surface area contributed by atoms with Crippen molar-refractivity contribution in [3.8, 4) is 0 Å². The summed E-state index contributed by atoms with van der Waals surface area (Å²) >= 11 is 1.12. The van der Waals surface area contributed by atoms with Crippen LogP contribution in [0.15, 0.2) is 22.8 Å². The molecule has 2 aromatic heterocycles. The second-order valence-corrected chi connectivity index (χ2v) is 7.27. The minimum atomic E-state index is -3.65. The normalized spacial score (nSPS) is 12.0. The number of hydrogen-bond donors (Lipinski definition) is 2. The number of aromatic nitrogens is 4. The van der Waals surface area contributed by atoms with Crippen molar-refractivity contribution in [3.63, 3.8) is 0 Å². The summed E-state index contributed by atoms with van der Waals surface area (Å²) in [4.78, 5) is 0.120. The van der Waals surface area contributed by atoms with Crippen LogP contribution in [0.25, 0.3) is 0 Å². The maximum Gasteiger partial charge on any atom is 0.266 e. The molecule has 2 N–H and O–H groups in total. The molecule has 2 rings (SSSR count). The lowest BCUT2D eigenvalue weighted by molar-refractivity contribution is 0.513. The molecular formula is C11H18N6O2S2. The van der Waals surface area contributed by atoms with Gasteiger partial charge < -0.3 is 5.32 Å². The molecule has 0 fully saturated rings. The molecule has 0 amide bonds. The lowest BCUT2D eigenvalue weighted by Crippen LogP contribution is -2.24. The monoisotopic (exact) mass is 330 g/mol. The number of hydrogen-bond acceptors (Lipinski definition) is 7. The third kappa shape index (κ3) is 4.76. The molecule has 0 aliphatic rings. The van der Waals surface area contributed by atoms with Gasteiger partial charge in [-0.15, -0.1) is 10.2 Å². The van der Waals surface area contributed by atoms with Crippen LogP contribution in [0.5, 0.6) is 0 Å². The molecule has 0 aromatic carbocycles. The van der Waals surface area contributed by atoms with Crippen LogP contribution in [-0.4, -0.2) is 41.0 Å². The highest BCUT2D eigenvalue weighted by Crippen LogP contribution is 2.16. The average molecular weight is 330 g/mol. The van der Waals surface area contributed by atoms with E-state index in [0.717, 1.165) is 24.3 Å². The summed E-state index contributed by atoms with van der Waals surface area (Å²) in [6.07, 6.45) is 3.72. The number of rotatable bonds is 8. The van der Waals surface area contributed by atoms with E-state index < -0.39 is 10.0 Å². The Kier molecular flexibility index (Phi) is 5.26. The van der Waals surface area contributed by atoms with E-state index in [2.05, 4.69) is 39.2 Å². The Morgan fingerprint density at radius 3 is 2.90 bits per heavy atom. The molecule has 0 saturated carbocycles. The fourth-order valence-electron chi connectivity index (χ4n) is 1.63. The largest absolute Gasteiger partial charge is 0.314 e. The van der Waals surface area contributed by atoms with Gasteiger partial charge in [-0.1, -0.05) is 25.2 Å². The van der Waals surface area contributed by atoms with Gasteiger partial charge in [0.05, 0.1) is 6.20 Å². The van der Waals surface area contributed by atoms with Gasteiger partial charge in [0.15, 0.2) is 0 Å². The molecule has 0 saturated heterocycles. The average Bonchev–Trinajstić information content (AvgIpc) is 3.05. The zero-order valence-corrected chi connectivity index (χ0v) is 13.5. The van der Waals surface area contributed by atoms with Crippen LogP contribution in [0.4, 0.5) is 5.13 Å². The molecule has 2 heterocycles. The highest BCUT2D eigenvalue weighted by Gasteiger charge is 2.17. The van der Waals surface area contributed by atoms with E-state index in [9.17, 15) is 8.42 Å². The molecule has 0 radical (unpaired) electrons. The van der Waals surface area contributed by atoms with Crippen LogP contribution in [0, 0.1) is 0 Å². The van der Waals surface area contributed by atoms with Crippen LogP contribution in [0.1, 0.15) is 20.3 Å². The Morgan fingerprint density at radius 1 is 1.43 bits per heavy atom. The molecule has 2 aromatic rings. The third-order valence-electron chi connectivity index (χ3n) is 2.62. The van der Waals surface area contributed by atoms with Crippen LogP contribution < -0.4 is 10.0 Å². The van der Waals surface area contributed by atoms with E-state index in [4.69, 9.17) is 0 Å². The molecule has 0 aliphatic heterocycles. The molecule has 21 heavy (non-hydrogen) atoms. The van der Waals surface area contributed by atoms with Gasteiger partial charge in [-0.25, -0.2) is 8.42 Å². The van der Waals surface area contributed by atoms with E-state index in [1.54, 1.807) is 4.68 Å². The van der Waals surface area contributed by atoms with Crippen molar-refractivity contribution >= 4 is 26.5 Å². The van der Waals surface area contributed by atoms with Gasteiger partial charge >= 0.3 is 0 Å². The van der Waals surface area contributed by atoms with Crippen molar-refractivity contribution in [1.82, 2.24) is 25.3 Å². The first kappa shape index (κ1) is 15.9. The van der Waals surface area contributed by atoms with E-state index >= 15 is 0 Å². The second kappa shape index (κ2) is 6.96. The van der Waals surface area contributed by atoms with E-state index in [1.807, 2.05) is 0 Å². The van der Waals surface area contributed by atoms with Crippen LogP contribution in [0.2, 0.25) is 0 Å². The summed E-state index contributed by atoms with van der Waals surface area (Å²) in [5.74, 6) is 0. The van der Waals surface area contributed by atoms with Crippen molar-refractivity contribution in [2.75, 3.05) is 11.3 Å². The van der Waals surface area contributed by atoms with E-state index in [0.29, 0.717) is 12.6 Å². The summed E-state index contributed by atoms with van der Waals surface area (Å²) < 4.78 is 28.2. The quantitative estimate of drug-likeness (QED) is 0.698. The number of aryl methyl sites for hydroxylation is 1. The predicted molar refractivity (Wildman–Crippen MR) is 80.7 cm³/mol. The molecular weight excluding hydrogens is 312 g/mol. The van der Waals surface area contributed by atoms with Gasteiger partial charge in [0.25, 0.3) is 10.0 Å². The second-order valence-electron chi connectivity index (χ2n) is 4.75. The van der Waals surface area contributed by atoms with Gasteiger partial charge in [-0.05, 0) is 13.0 Å². The maximum atomic E-state index is 12.1. The number of sulfonamides is 1. The summed E-state index contributed by atoms with van der Waals surface area (Å²) in [5.41, 5.74) is 1.46. The van der Waals surface area contributed by atoms with Crippen LogP contribution in [-0.2, 0) is 16.6 Å². The standard InChI is InChI=1S/C11H18N6O2S2/c1-9(2)12-4-3-5-17-7-10(6-14-17)21(18,19)16-11-15-13-8-20-11/h6-9,12H,3-5H2,1-2H3,(H,15,16). The summed E-state index contributed by atoms with van der Waals surface area (Å²) in [6, 6.07) is 0.440. The van der Waals surface area contributed by atoms with E-state index in [1.165, 1.54) is 17.9 Å². The molecule has 10 heteroatoms. The molecule has 0 aliphatic carbocycles. The highest BCUT2D eigenvalue weighted by molar-refractivity contribution is 7.93. The Morgan fingerprint density at radius 2 is 2.24 bits per heavy atom. The molecule has 0 spiro atoms. The summed E-state index contributed by atoms with van der Waals surface area (Å²) in [6.45, 7) is 5.69. The van der Waals surface area contributed by atoms with Gasteiger partial charge in [-0.3, -0.25) is 9.40 Å². The lowest BCUT2D eigenvalue weighted by atomic mass is 10.3. The van der Waals surface area contributed by atoms with Crippen molar-refractivity contribution in [3.05, 3.63) is 17.9 Å². The minimum absolute atomic E-state index is 0.120. The fraction of sp³-hybridized carbons (Fsp3) is 0.545. The van der Waals surface area contributed by atoms with Crippen molar-refractivity contribution < 1.29 is 8.42 Å². The fourth-order valence-corrected chi connectivity index (χ4v) is 3.27.